The highest BCUT2D eigenvalue weighted by Gasteiger charge is 2.05. The van der Waals surface area contributed by atoms with E-state index in [1.807, 2.05) is 13.0 Å². The minimum absolute atomic E-state index is 0.0595. The Kier molecular flexibility index (Phi) is 6.43. The van der Waals surface area contributed by atoms with Crippen molar-refractivity contribution in [2.75, 3.05) is 19.7 Å². The third-order valence-electron chi connectivity index (χ3n) is 2.42. The molecule has 19 heavy (non-hydrogen) atoms. The molecule has 0 heterocycles. The van der Waals surface area contributed by atoms with Gasteiger partial charge in [-0.1, -0.05) is 6.07 Å². The lowest BCUT2D eigenvalue weighted by molar-refractivity contribution is -0.118. The molecule has 5 nitrogen and oxygen atoms in total. The Labute approximate surface area is 113 Å². The third-order valence-corrected chi connectivity index (χ3v) is 2.42. The highest BCUT2D eigenvalue weighted by atomic mass is 16.5. The largest absolute Gasteiger partial charge is 0.494 e. The second-order valence-corrected chi connectivity index (χ2v) is 4.05. The molecule has 104 valence electrons. The Hall–Kier alpha value is -2.04. The maximum atomic E-state index is 11.8. The number of hydrogen-bond donors (Lipinski definition) is 2. The molecule has 0 saturated heterocycles. The van der Waals surface area contributed by atoms with Crippen LogP contribution < -0.4 is 15.4 Å². The molecular weight excluding hydrogens is 244 g/mol. The zero-order valence-electron chi connectivity index (χ0n) is 11.4. The van der Waals surface area contributed by atoms with E-state index in [1.165, 1.54) is 6.92 Å². The molecule has 0 aliphatic carbocycles. The number of ether oxygens (including phenoxy) is 1. The second-order valence-electron chi connectivity index (χ2n) is 4.05. The number of nitrogens with one attached hydrogen (secondary N) is 2. The summed E-state index contributed by atoms with van der Waals surface area (Å²) in [6, 6.07) is 7.06. The van der Waals surface area contributed by atoms with Crippen LogP contribution in [0.1, 0.15) is 30.6 Å². The van der Waals surface area contributed by atoms with E-state index in [-0.39, 0.29) is 11.8 Å². The van der Waals surface area contributed by atoms with Crippen LogP contribution in [0.4, 0.5) is 0 Å². The van der Waals surface area contributed by atoms with Gasteiger partial charge in [0.2, 0.25) is 5.91 Å². The van der Waals surface area contributed by atoms with Crippen molar-refractivity contribution in [1.82, 2.24) is 10.6 Å². The third kappa shape index (κ3) is 5.90. The van der Waals surface area contributed by atoms with E-state index in [2.05, 4.69) is 10.6 Å². The molecule has 0 fully saturated rings. The average Bonchev–Trinajstić information content (AvgIpc) is 2.38. The smallest absolute Gasteiger partial charge is 0.251 e. The van der Waals surface area contributed by atoms with Crippen LogP contribution in [0.3, 0.4) is 0 Å². The number of benzene rings is 1. The standard InChI is InChI=1S/C14H20N2O3/c1-3-19-13-7-4-6-12(10-13)14(18)16-9-5-8-15-11(2)17/h4,6-7,10H,3,5,8-9H2,1-2H3,(H,15,17)(H,16,18). The molecule has 1 aromatic rings. The first-order valence-electron chi connectivity index (χ1n) is 6.39. The van der Waals surface area contributed by atoms with Gasteiger partial charge in [-0.15, -0.1) is 0 Å². The van der Waals surface area contributed by atoms with E-state index in [4.69, 9.17) is 4.74 Å². The quantitative estimate of drug-likeness (QED) is 0.730. The zero-order valence-corrected chi connectivity index (χ0v) is 11.4. The lowest BCUT2D eigenvalue weighted by atomic mass is 10.2. The molecule has 0 aromatic heterocycles. The summed E-state index contributed by atoms with van der Waals surface area (Å²) in [6.45, 7) is 5.03. The van der Waals surface area contributed by atoms with Crippen LogP contribution in [0.5, 0.6) is 5.75 Å². The minimum atomic E-state index is -0.135. The van der Waals surface area contributed by atoms with Gasteiger partial charge in [0.25, 0.3) is 5.91 Å². The molecular formula is C14H20N2O3. The van der Waals surface area contributed by atoms with E-state index in [0.29, 0.717) is 37.4 Å². The monoisotopic (exact) mass is 264 g/mol. The number of amides is 2. The van der Waals surface area contributed by atoms with Crippen molar-refractivity contribution < 1.29 is 14.3 Å². The zero-order chi connectivity index (χ0) is 14.1. The Morgan fingerprint density at radius 3 is 2.63 bits per heavy atom. The van der Waals surface area contributed by atoms with Crippen LogP contribution in [0.15, 0.2) is 24.3 Å². The van der Waals surface area contributed by atoms with Crippen LogP contribution in [-0.4, -0.2) is 31.5 Å². The first-order chi connectivity index (χ1) is 9.13. The van der Waals surface area contributed by atoms with Crippen molar-refractivity contribution in [2.45, 2.75) is 20.3 Å². The van der Waals surface area contributed by atoms with Crippen LogP contribution >= 0.6 is 0 Å². The van der Waals surface area contributed by atoms with Gasteiger partial charge in [0, 0.05) is 25.6 Å². The predicted octanol–water partition coefficient (Wildman–Crippen LogP) is 1.34. The number of carbonyl (C=O) groups is 2. The van der Waals surface area contributed by atoms with Crippen LogP contribution in [0.2, 0.25) is 0 Å². The topological polar surface area (TPSA) is 67.4 Å². The molecule has 0 radical (unpaired) electrons. The summed E-state index contributed by atoms with van der Waals surface area (Å²) in [7, 11) is 0. The van der Waals surface area contributed by atoms with Crippen molar-refractivity contribution >= 4 is 11.8 Å². The number of carbonyl (C=O) groups excluding carboxylic acids is 2. The average molecular weight is 264 g/mol. The van der Waals surface area contributed by atoms with Crippen LogP contribution in [0, 0.1) is 0 Å². The molecule has 2 amide bonds. The highest BCUT2D eigenvalue weighted by molar-refractivity contribution is 5.94. The van der Waals surface area contributed by atoms with Gasteiger partial charge in [-0.25, -0.2) is 0 Å². The van der Waals surface area contributed by atoms with Crippen molar-refractivity contribution in [3.8, 4) is 5.75 Å². The Morgan fingerprint density at radius 1 is 1.21 bits per heavy atom. The molecule has 0 unspecified atom stereocenters. The summed E-state index contributed by atoms with van der Waals surface area (Å²) in [4.78, 5) is 22.5. The summed E-state index contributed by atoms with van der Waals surface area (Å²) in [5.41, 5.74) is 0.575. The molecule has 0 atom stereocenters. The maximum Gasteiger partial charge on any atom is 0.251 e. The van der Waals surface area contributed by atoms with Crippen molar-refractivity contribution in [2.24, 2.45) is 0 Å². The summed E-state index contributed by atoms with van der Waals surface area (Å²) in [5, 5.41) is 5.47. The summed E-state index contributed by atoms with van der Waals surface area (Å²) in [6.07, 6.45) is 0.705. The van der Waals surface area contributed by atoms with Crippen molar-refractivity contribution in [1.29, 1.82) is 0 Å². The summed E-state index contributed by atoms with van der Waals surface area (Å²) < 4.78 is 5.34. The minimum Gasteiger partial charge on any atom is -0.494 e. The molecule has 0 aliphatic heterocycles. The molecule has 1 rings (SSSR count). The fourth-order valence-corrected chi connectivity index (χ4v) is 1.55. The first-order valence-corrected chi connectivity index (χ1v) is 6.39. The predicted molar refractivity (Wildman–Crippen MR) is 73.2 cm³/mol. The first kappa shape index (κ1) is 15.0. The van der Waals surface area contributed by atoms with E-state index in [1.54, 1.807) is 18.2 Å². The molecule has 0 saturated carbocycles. The Bertz CT molecular complexity index is 432. The molecule has 0 bridgehead atoms. The van der Waals surface area contributed by atoms with Gasteiger partial charge in [-0.2, -0.15) is 0 Å². The maximum absolute atomic E-state index is 11.8. The SMILES string of the molecule is CCOc1cccc(C(=O)NCCCNC(C)=O)c1. The fourth-order valence-electron chi connectivity index (χ4n) is 1.55. The van der Waals surface area contributed by atoms with Gasteiger partial charge in [-0.3, -0.25) is 9.59 Å². The van der Waals surface area contributed by atoms with E-state index >= 15 is 0 Å². The number of hydrogen-bond acceptors (Lipinski definition) is 3. The Balaban J connectivity index is 2.36. The van der Waals surface area contributed by atoms with Gasteiger partial charge in [0.1, 0.15) is 5.75 Å². The van der Waals surface area contributed by atoms with E-state index in [0.717, 1.165) is 0 Å². The molecule has 0 spiro atoms. The molecule has 1 aromatic carbocycles. The summed E-state index contributed by atoms with van der Waals surface area (Å²) >= 11 is 0. The molecule has 2 N–H and O–H groups in total. The van der Waals surface area contributed by atoms with E-state index in [9.17, 15) is 9.59 Å². The van der Waals surface area contributed by atoms with Gasteiger partial charge >= 0.3 is 0 Å². The lowest BCUT2D eigenvalue weighted by Crippen LogP contribution is -2.28. The summed E-state index contributed by atoms with van der Waals surface area (Å²) in [5.74, 6) is 0.494. The lowest BCUT2D eigenvalue weighted by Gasteiger charge is -2.07. The van der Waals surface area contributed by atoms with Crippen molar-refractivity contribution in [3.05, 3.63) is 29.8 Å². The van der Waals surface area contributed by atoms with Crippen LogP contribution in [0.25, 0.3) is 0 Å². The highest BCUT2D eigenvalue weighted by Crippen LogP contribution is 2.12. The fraction of sp³-hybridized carbons (Fsp3) is 0.429. The molecule has 0 aliphatic rings. The van der Waals surface area contributed by atoms with Gasteiger partial charge in [0.15, 0.2) is 0 Å². The van der Waals surface area contributed by atoms with Gasteiger partial charge < -0.3 is 15.4 Å². The van der Waals surface area contributed by atoms with Crippen molar-refractivity contribution in [3.63, 3.8) is 0 Å². The van der Waals surface area contributed by atoms with Crippen LogP contribution in [-0.2, 0) is 4.79 Å². The van der Waals surface area contributed by atoms with E-state index < -0.39 is 0 Å². The van der Waals surface area contributed by atoms with Gasteiger partial charge in [0.05, 0.1) is 6.61 Å². The number of rotatable bonds is 7. The second kappa shape index (κ2) is 8.13. The van der Waals surface area contributed by atoms with Gasteiger partial charge in [-0.05, 0) is 31.5 Å². The normalized spacial score (nSPS) is 9.79. The molecule has 5 heteroatoms. The Morgan fingerprint density at radius 2 is 1.95 bits per heavy atom.